The van der Waals surface area contributed by atoms with Gasteiger partial charge in [0.05, 0.1) is 12.6 Å². The lowest BCUT2D eigenvalue weighted by molar-refractivity contribution is 0.0241. The van der Waals surface area contributed by atoms with Crippen LogP contribution in [0.3, 0.4) is 0 Å². The summed E-state index contributed by atoms with van der Waals surface area (Å²) in [6, 6.07) is -0.162. The largest absolute Gasteiger partial charge is 0.443 e. The lowest BCUT2D eigenvalue weighted by atomic mass is 10.2. The maximum Gasteiger partial charge on any atom is 0.414 e. The van der Waals surface area contributed by atoms with Crippen LogP contribution in [0.15, 0.2) is 12.3 Å². The molecule has 80 valence electrons. The van der Waals surface area contributed by atoms with Crippen molar-refractivity contribution in [3.63, 3.8) is 0 Å². The summed E-state index contributed by atoms with van der Waals surface area (Å²) in [6.45, 7) is 5.42. The van der Waals surface area contributed by atoms with Gasteiger partial charge in [-0.25, -0.2) is 4.79 Å². The molecule has 0 aromatic heterocycles. The topological polar surface area (TPSA) is 49.8 Å². The number of rotatable bonds is 1. The van der Waals surface area contributed by atoms with Crippen molar-refractivity contribution in [3.8, 4) is 0 Å². The van der Waals surface area contributed by atoms with Gasteiger partial charge in [0.25, 0.3) is 0 Å². The van der Waals surface area contributed by atoms with Crippen molar-refractivity contribution in [2.45, 2.75) is 38.8 Å². The molecule has 0 fully saturated rings. The van der Waals surface area contributed by atoms with Gasteiger partial charge in [0.2, 0.25) is 0 Å². The van der Waals surface area contributed by atoms with Crippen LogP contribution in [0.5, 0.6) is 0 Å². The number of ether oxygens (including phenoxy) is 1. The van der Waals surface area contributed by atoms with Crippen LogP contribution in [-0.2, 0) is 4.74 Å². The summed E-state index contributed by atoms with van der Waals surface area (Å²) in [5.74, 6) is 0. The zero-order chi connectivity index (χ0) is 10.8. The maximum absolute atomic E-state index is 11.6. The summed E-state index contributed by atoms with van der Waals surface area (Å²) in [6.07, 6.45) is 3.81. The molecule has 1 aliphatic heterocycles. The maximum atomic E-state index is 11.6. The molecule has 14 heavy (non-hydrogen) atoms. The molecule has 1 amide bonds. The molecule has 1 rings (SSSR count). The number of carbonyl (C=O) groups is 1. The fourth-order valence-electron chi connectivity index (χ4n) is 1.25. The molecule has 1 heterocycles. The van der Waals surface area contributed by atoms with Gasteiger partial charge in [-0.05, 0) is 27.2 Å². The molecular weight excluding hydrogens is 182 g/mol. The molecule has 1 atom stereocenters. The smallest absolute Gasteiger partial charge is 0.414 e. The van der Waals surface area contributed by atoms with Gasteiger partial charge in [-0.3, -0.25) is 4.90 Å². The van der Waals surface area contributed by atoms with E-state index in [1.165, 1.54) is 4.90 Å². The summed E-state index contributed by atoms with van der Waals surface area (Å²) in [7, 11) is 0. The van der Waals surface area contributed by atoms with Crippen molar-refractivity contribution in [3.05, 3.63) is 12.3 Å². The van der Waals surface area contributed by atoms with Crippen molar-refractivity contribution >= 4 is 6.09 Å². The molecule has 0 spiro atoms. The summed E-state index contributed by atoms with van der Waals surface area (Å²) in [5.41, 5.74) is -0.493. The second-order valence-electron chi connectivity index (χ2n) is 4.34. The fourth-order valence-corrected chi connectivity index (χ4v) is 1.25. The van der Waals surface area contributed by atoms with E-state index in [4.69, 9.17) is 9.84 Å². The number of amides is 1. The first-order valence-corrected chi connectivity index (χ1v) is 4.73. The Bertz CT molecular complexity index is 242. The van der Waals surface area contributed by atoms with Crippen LogP contribution in [0.2, 0.25) is 0 Å². The van der Waals surface area contributed by atoms with Crippen LogP contribution in [-0.4, -0.2) is 34.3 Å². The monoisotopic (exact) mass is 199 g/mol. The van der Waals surface area contributed by atoms with Gasteiger partial charge in [0, 0.05) is 6.20 Å². The van der Waals surface area contributed by atoms with Crippen LogP contribution < -0.4 is 0 Å². The van der Waals surface area contributed by atoms with Gasteiger partial charge in [-0.1, -0.05) is 6.08 Å². The highest BCUT2D eigenvalue weighted by atomic mass is 16.6. The average Bonchev–Trinajstić information content (AvgIpc) is 2.47. The Hall–Kier alpha value is -1.03. The summed E-state index contributed by atoms with van der Waals surface area (Å²) >= 11 is 0. The van der Waals surface area contributed by atoms with Crippen molar-refractivity contribution in [1.29, 1.82) is 0 Å². The van der Waals surface area contributed by atoms with Crippen molar-refractivity contribution in [1.82, 2.24) is 4.90 Å². The highest BCUT2D eigenvalue weighted by Crippen LogP contribution is 2.18. The Labute approximate surface area is 84.2 Å². The van der Waals surface area contributed by atoms with E-state index in [1.54, 1.807) is 6.20 Å². The average molecular weight is 199 g/mol. The van der Waals surface area contributed by atoms with Gasteiger partial charge >= 0.3 is 6.09 Å². The molecule has 0 unspecified atom stereocenters. The zero-order valence-corrected chi connectivity index (χ0v) is 8.86. The number of aliphatic hydroxyl groups is 1. The van der Waals surface area contributed by atoms with E-state index < -0.39 is 11.7 Å². The van der Waals surface area contributed by atoms with E-state index in [1.807, 2.05) is 26.8 Å². The molecule has 0 aliphatic carbocycles. The molecule has 0 radical (unpaired) electrons. The third-order valence-electron chi connectivity index (χ3n) is 1.88. The Kier molecular flexibility index (Phi) is 3.16. The third kappa shape index (κ3) is 2.73. The second-order valence-corrected chi connectivity index (χ2v) is 4.34. The minimum absolute atomic E-state index is 0.0355. The number of hydrogen-bond acceptors (Lipinski definition) is 3. The Balaban J connectivity index is 2.56. The molecule has 4 heteroatoms. The van der Waals surface area contributed by atoms with Crippen LogP contribution in [0.4, 0.5) is 4.79 Å². The molecule has 4 nitrogen and oxygen atoms in total. The highest BCUT2D eigenvalue weighted by molar-refractivity contribution is 5.70. The standard InChI is InChI=1S/C10H17NO3/c1-10(2,3)14-9(13)11-6-4-5-8(11)7-12/h4,6,8,12H,5,7H2,1-3H3/t8-/m0/s1. The first-order chi connectivity index (χ1) is 6.44. The number of nitrogens with zero attached hydrogens (tertiary/aromatic N) is 1. The zero-order valence-electron chi connectivity index (χ0n) is 8.86. The summed E-state index contributed by atoms with van der Waals surface area (Å²) in [5, 5.41) is 8.99. The van der Waals surface area contributed by atoms with Gasteiger partial charge in [-0.15, -0.1) is 0 Å². The predicted molar refractivity (Wildman–Crippen MR) is 52.7 cm³/mol. The first-order valence-electron chi connectivity index (χ1n) is 4.73. The van der Waals surface area contributed by atoms with E-state index in [0.717, 1.165) is 0 Å². The molecular formula is C10H17NO3. The normalized spacial score (nSPS) is 21.4. The predicted octanol–water partition coefficient (Wildman–Crippen LogP) is 1.50. The quantitative estimate of drug-likeness (QED) is 0.696. The number of hydrogen-bond donors (Lipinski definition) is 1. The molecule has 0 saturated carbocycles. The van der Waals surface area contributed by atoms with Gasteiger partial charge in [0.1, 0.15) is 5.60 Å². The molecule has 0 saturated heterocycles. The molecule has 0 bridgehead atoms. The second kappa shape index (κ2) is 4.00. The van der Waals surface area contributed by atoms with Crippen molar-refractivity contribution in [2.24, 2.45) is 0 Å². The Morgan fingerprint density at radius 2 is 2.29 bits per heavy atom. The Morgan fingerprint density at radius 3 is 2.79 bits per heavy atom. The van der Waals surface area contributed by atoms with E-state index in [0.29, 0.717) is 6.42 Å². The van der Waals surface area contributed by atoms with Gasteiger partial charge in [0.15, 0.2) is 0 Å². The molecule has 0 aromatic rings. The molecule has 1 aliphatic rings. The van der Waals surface area contributed by atoms with Crippen LogP contribution in [0.25, 0.3) is 0 Å². The number of carbonyl (C=O) groups excluding carboxylic acids is 1. The summed E-state index contributed by atoms with van der Waals surface area (Å²) < 4.78 is 5.18. The number of aliphatic hydroxyl groups excluding tert-OH is 1. The van der Waals surface area contributed by atoms with E-state index in [-0.39, 0.29) is 12.6 Å². The molecule has 1 N–H and O–H groups in total. The third-order valence-corrected chi connectivity index (χ3v) is 1.88. The van der Waals surface area contributed by atoms with Crippen LogP contribution in [0, 0.1) is 0 Å². The van der Waals surface area contributed by atoms with Crippen LogP contribution in [0.1, 0.15) is 27.2 Å². The van der Waals surface area contributed by atoms with E-state index in [2.05, 4.69) is 0 Å². The minimum Gasteiger partial charge on any atom is -0.443 e. The first kappa shape index (κ1) is 11.0. The van der Waals surface area contributed by atoms with Gasteiger partial charge in [-0.2, -0.15) is 0 Å². The molecule has 0 aromatic carbocycles. The summed E-state index contributed by atoms with van der Waals surface area (Å²) in [4.78, 5) is 13.0. The SMILES string of the molecule is CC(C)(C)OC(=O)N1C=CC[C@H]1CO. The van der Waals surface area contributed by atoms with Crippen LogP contribution >= 0.6 is 0 Å². The Morgan fingerprint density at radius 1 is 1.64 bits per heavy atom. The highest BCUT2D eigenvalue weighted by Gasteiger charge is 2.28. The minimum atomic E-state index is -0.493. The fraction of sp³-hybridized carbons (Fsp3) is 0.700. The van der Waals surface area contributed by atoms with Crippen molar-refractivity contribution in [2.75, 3.05) is 6.61 Å². The lowest BCUT2D eigenvalue weighted by Gasteiger charge is -2.26. The van der Waals surface area contributed by atoms with Crippen molar-refractivity contribution < 1.29 is 14.6 Å². The van der Waals surface area contributed by atoms with E-state index >= 15 is 0 Å². The van der Waals surface area contributed by atoms with Gasteiger partial charge < -0.3 is 9.84 Å². The van der Waals surface area contributed by atoms with E-state index in [9.17, 15) is 4.79 Å². The lowest BCUT2D eigenvalue weighted by Crippen LogP contribution is -2.39.